The van der Waals surface area contributed by atoms with Crippen LogP contribution in [0.4, 0.5) is 0 Å². The van der Waals surface area contributed by atoms with Crippen LogP contribution in [0.1, 0.15) is 34.1 Å². The number of hydrogen-bond donors (Lipinski definition) is 1. The second-order valence-electron chi connectivity index (χ2n) is 5.33. The fraction of sp³-hybridized carbons (Fsp3) is 1.00. The Morgan fingerprint density at radius 3 is 2.79 bits per heavy atom. The van der Waals surface area contributed by atoms with Crippen molar-refractivity contribution in [1.82, 2.24) is 5.48 Å². The summed E-state index contributed by atoms with van der Waals surface area (Å²) in [5, 5.41) is 0. The van der Waals surface area contributed by atoms with Crippen molar-refractivity contribution in [2.75, 3.05) is 6.61 Å². The Hall–Kier alpha value is -0.120. The van der Waals surface area contributed by atoms with Crippen LogP contribution in [-0.4, -0.2) is 24.9 Å². The number of rotatable bonds is 3. The van der Waals surface area contributed by atoms with E-state index in [1.807, 2.05) is 13.8 Å². The third-order valence-corrected chi connectivity index (χ3v) is 3.53. The van der Waals surface area contributed by atoms with Gasteiger partial charge in [-0.1, -0.05) is 13.8 Å². The molecule has 3 unspecified atom stereocenters. The maximum Gasteiger partial charge on any atom is 0.0734 e. The Morgan fingerprint density at radius 1 is 1.43 bits per heavy atom. The van der Waals surface area contributed by atoms with Crippen molar-refractivity contribution in [3.05, 3.63) is 0 Å². The lowest BCUT2D eigenvalue weighted by Gasteiger charge is -2.54. The molecule has 0 amide bonds. The Morgan fingerprint density at radius 2 is 2.14 bits per heavy atom. The lowest BCUT2D eigenvalue weighted by molar-refractivity contribution is -0.169. The van der Waals surface area contributed by atoms with E-state index in [0.717, 1.165) is 6.61 Å². The maximum absolute atomic E-state index is 5.71. The molecule has 0 radical (unpaired) electrons. The summed E-state index contributed by atoms with van der Waals surface area (Å²) in [7, 11) is 0. The molecule has 2 rings (SSSR count). The molecule has 3 atom stereocenters. The van der Waals surface area contributed by atoms with Crippen molar-refractivity contribution < 1.29 is 9.57 Å². The molecule has 1 N–H and O–H groups in total. The molecule has 3 nitrogen and oxygen atoms in total. The number of fused-ring (bicyclic) bond motifs is 1. The molecule has 0 bridgehead atoms. The van der Waals surface area contributed by atoms with Crippen LogP contribution in [-0.2, 0) is 9.57 Å². The molecule has 82 valence electrons. The monoisotopic (exact) mass is 199 g/mol. The van der Waals surface area contributed by atoms with Crippen molar-refractivity contribution in [3.8, 4) is 0 Å². The molecular weight excluding hydrogens is 178 g/mol. The van der Waals surface area contributed by atoms with Gasteiger partial charge in [0.15, 0.2) is 0 Å². The van der Waals surface area contributed by atoms with E-state index in [1.54, 1.807) is 0 Å². The van der Waals surface area contributed by atoms with Crippen molar-refractivity contribution in [2.45, 2.75) is 52.4 Å². The molecular formula is C11H21NO2. The van der Waals surface area contributed by atoms with E-state index in [9.17, 15) is 0 Å². The van der Waals surface area contributed by atoms with Gasteiger partial charge in [0.05, 0.1) is 12.2 Å². The normalized spacial score (nSPS) is 39.6. The first-order valence-corrected chi connectivity index (χ1v) is 5.56. The average molecular weight is 199 g/mol. The van der Waals surface area contributed by atoms with Crippen LogP contribution in [0.25, 0.3) is 0 Å². The molecule has 1 saturated carbocycles. The highest BCUT2D eigenvalue weighted by Gasteiger charge is 2.59. The molecule has 0 aromatic heterocycles. The number of nitrogens with one attached hydrogen (secondary N) is 1. The predicted molar refractivity (Wildman–Crippen MR) is 54.8 cm³/mol. The predicted octanol–water partition coefficient (Wildman–Crippen LogP) is 1.73. The lowest BCUT2D eigenvalue weighted by Crippen LogP contribution is -2.65. The topological polar surface area (TPSA) is 30.5 Å². The molecule has 1 heterocycles. The first kappa shape index (κ1) is 10.4. The van der Waals surface area contributed by atoms with Gasteiger partial charge in [0.1, 0.15) is 0 Å². The smallest absolute Gasteiger partial charge is 0.0734 e. The summed E-state index contributed by atoms with van der Waals surface area (Å²) in [6.07, 6.45) is 1.86. The second-order valence-corrected chi connectivity index (χ2v) is 5.33. The first-order chi connectivity index (χ1) is 6.53. The van der Waals surface area contributed by atoms with Gasteiger partial charge in [-0.05, 0) is 20.3 Å². The van der Waals surface area contributed by atoms with Crippen molar-refractivity contribution in [2.24, 2.45) is 11.3 Å². The zero-order valence-electron chi connectivity index (χ0n) is 9.54. The molecule has 0 spiro atoms. The molecule has 2 aliphatic rings. The van der Waals surface area contributed by atoms with Crippen LogP contribution in [0.3, 0.4) is 0 Å². The summed E-state index contributed by atoms with van der Waals surface area (Å²) in [5.74, 6) is 0.656. The summed E-state index contributed by atoms with van der Waals surface area (Å²) in [5.41, 5.74) is 3.42. The highest BCUT2D eigenvalue weighted by atomic mass is 16.7. The first-order valence-electron chi connectivity index (χ1n) is 5.56. The molecule has 1 saturated heterocycles. The summed E-state index contributed by atoms with van der Waals surface area (Å²) in [4.78, 5) is 5.48. The highest BCUT2D eigenvalue weighted by molar-refractivity contribution is 5.10. The second kappa shape index (κ2) is 3.47. The van der Waals surface area contributed by atoms with Gasteiger partial charge in [-0.15, -0.1) is 0 Å². The zero-order valence-corrected chi connectivity index (χ0v) is 9.54. The standard InChI is InChI=1S/C11H21NO2/c1-7(2)14-12-9-8-5-6-13-10(8)11(9,3)4/h7-10,12H,5-6H2,1-4H3. The average Bonchev–Trinajstić information content (AvgIpc) is 2.49. The van der Waals surface area contributed by atoms with Gasteiger partial charge in [-0.2, -0.15) is 5.48 Å². The minimum atomic E-state index is 0.218. The van der Waals surface area contributed by atoms with Gasteiger partial charge >= 0.3 is 0 Å². The lowest BCUT2D eigenvalue weighted by atomic mass is 9.58. The van der Waals surface area contributed by atoms with Crippen LogP contribution in [0.2, 0.25) is 0 Å². The minimum absolute atomic E-state index is 0.218. The number of hydroxylamine groups is 1. The van der Waals surface area contributed by atoms with Crippen LogP contribution in [0.15, 0.2) is 0 Å². The quantitative estimate of drug-likeness (QED) is 0.702. The summed E-state index contributed by atoms with van der Waals surface area (Å²) < 4.78 is 5.71. The number of ether oxygens (including phenoxy) is 1. The fourth-order valence-corrected chi connectivity index (χ4v) is 2.77. The van der Waals surface area contributed by atoms with Crippen molar-refractivity contribution in [1.29, 1.82) is 0 Å². The van der Waals surface area contributed by atoms with Gasteiger partial charge in [0, 0.05) is 24.0 Å². The molecule has 0 aromatic rings. The van der Waals surface area contributed by atoms with Crippen LogP contribution in [0, 0.1) is 11.3 Å². The Bertz CT molecular complexity index is 215. The largest absolute Gasteiger partial charge is 0.377 e. The van der Waals surface area contributed by atoms with Gasteiger partial charge < -0.3 is 4.74 Å². The van der Waals surface area contributed by atoms with Crippen LogP contribution < -0.4 is 5.48 Å². The fourth-order valence-electron chi connectivity index (χ4n) is 2.77. The molecule has 3 heteroatoms. The van der Waals surface area contributed by atoms with Gasteiger partial charge in [0.25, 0.3) is 0 Å². The Balaban J connectivity index is 1.92. The summed E-state index contributed by atoms with van der Waals surface area (Å²) in [6, 6.07) is 0.456. The van der Waals surface area contributed by atoms with E-state index in [4.69, 9.17) is 9.57 Å². The van der Waals surface area contributed by atoms with Gasteiger partial charge in [0.2, 0.25) is 0 Å². The van der Waals surface area contributed by atoms with E-state index >= 15 is 0 Å². The third kappa shape index (κ3) is 1.47. The van der Waals surface area contributed by atoms with Crippen LogP contribution >= 0.6 is 0 Å². The summed E-state index contributed by atoms with van der Waals surface area (Å²) in [6.45, 7) is 9.50. The maximum atomic E-state index is 5.71. The van der Waals surface area contributed by atoms with E-state index in [-0.39, 0.29) is 11.5 Å². The van der Waals surface area contributed by atoms with E-state index < -0.39 is 0 Å². The minimum Gasteiger partial charge on any atom is -0.377 e. The summed E-state index contributed by atoms with van der Waals surface area (Å²) >= 11 is 0. The van der Waals surface area contributed by atoms with E-state index in [2.05, 4.69) is 19.3 Å². The zero-order chi connectivity index (χ0) is 10.3. The van der Waals surface area contributed by atoms with Crippen molar-refractivity contribution in [3.63, 3.8) is 0 Å². The molecule has 2 fully saturated rings. The molecule has 1 aliphatic heterocycles. The Labute approximate surface area is 86.1 Å². The van der Waals surface area contributed by atoms with Gasteiger partial charge in [-0.25, -0.2) is 0 Å². The molecule has 14 heavy (non-hydrogen) atoms. The van der Waals surface area contributed by atoms with Gasteiger partial charge in [-0.3, -0.25) is 4.84 Å². The van der Waals surface area contributed by atoms with E-state index in [0.29, 0.717) is 18.1 Å². The Kier molecular flexibility index (Phi) is 2.58. The van der Waals surface area contributed by atoms with E-state index in [1.165, 1.54) is 6.42 Å². The molecule has 0 aromatic carbocycles. The van der Waals surface area contributed by atoms with Crippen LogP contribution in [0.5, 0.6) is 0 Å². The number of hydrogen-bond acceptors (Lipinski definition) is 3. The third-order valence-electron chi connectivity index (χ3n) is 3.53. The SMILES string of the molecule is CC(C)ONC1C2CCOC2C1(C)C. The molecule has 1 aliphatic carbocycles. The highest BCUT2D eigenvalue weighted by Crippen LogP contribution is 2.52. The van der Waals surface area contributed by atoms with Crippen molar-refractivity contribution >= 4 is 0 Å².